The molecule has 2 aromatic carbocycles. The van der Waals surface area contributed by atoms with Crippen molar-refractivity contribution in [3.63, 3.8) is 0 Å². The van der Waals surface area contributed by atoms with Crippen LogP contribution in [0.5, 0.6) is 0 Å². The largest absolute Gasteiger partial charge is 0.250 e. The second-order valence-corrected chi connectivity index (χ2v) is 12.8. The standard InChI is InChI=1S/C45H66N2.Ni/c1-5-9-13-16-17-18-19-20-21-24-27-39-45(47-43-38-31-29-35-41(43)33-26-23-15-11-7-3)44(36-12-8-4)46-42-37-30-28-34-40(42)32-25-22-14-10-6-2;/h10-11,14-15,28-31,34-35,37-38H,5-9,12-13,16-26,32-33,36H2,1-4H3;/b14-10+,15-11+,46-44?,47-45?;. The van der Waals surface area contributed by atoms with Crippen LogP contribution in [-0.2, 0) is 29.3 Å². The second kappa shape index (κ2) is 30.4. The van der Waals surface area contributed by atoms with E-state index in [9.17, 15) is 0 Å². The summed E-state index contributed by atoms with van der Waals surface area (Å²) in [5.41, 5.74) is 6.61. The number of unbranched alkanes of at least 4 members (excludes halogenated alkanes) is 12. The molecule has 0 aliphatic carbocycles. The topological polar surface area (TPSA) is 24.7 Å². The third kappa shape index (κ3) is 20.0. The van der Waals surface area contributed by atoms with Gasteiger partial charge < -0.3 is 0 Å². The smallest absolute Gasteiger partial charge is 0.135 e. The van der Waals surface area contributed by atoms with Gasteiger partial charge in [0.15, 0.2) is 0 Å². The number of benzene rings is 2. The predicted molar refractivity (Wildman–Crippen MR) is 211 cm³/mol. The summed E-state index contributed by atoms with van der Waals surface area (Å²) < 4.78 is 0. The quantitative estimate of drug-likeness (QED) is 0.0325. The molecule has 0 saturated heterocycles. The first-order chi connectivity index (χ1) is 23.2. The Bertz CT molecular complexity index is 1270. The van der Waals surface area contributed by atoms with Crippen molar-refractivity contribution in [3.05, 3.63) is 84.0 Å². The predicted octanol–water partition coefficient (Wildman–Crippen LogP) is 14.2. The van der Waals surface area contributed by atoms with Crippen LogP contribution in [-0.4, -0.2) is 11.4 Å². The summed E-state index contributed by atoms with van der Waals surface area (Å²) in [7, 11) is 0. The van der Waals surface area contributed by atoms with E-state index in [1.165, 1.54) is 62.5 Å². The van der Waals surface area contributed by atoms with Crippen LogP contribution in [0.15, 0.2) is 82.8 Å². The Morgan fingerprint density at radius 3 is 1.60 bits per heavy atom. The molecule has 0 spiro atoms. The van der Waals surface area contributed by atoms with Crippen LogP contribution in [0.2, 0.25) is 0 Å². The summed E-state index contributed by atoms with van der Waals surface area (Å²) in [5, 5.41) is 0. The fraction of sp³-hybridized carbons (Fsp3) is 0.556. The number of para-hydroxylation sites is 2. The summed E-state index contributed by atoms with van der Waals surface area (Å²) in [4.78, 5) is 10.7. The van der Waals surface area contributed by atoms with E-state index >= 15 is 0 Å². The molecular formula is C45H66N2Ni. The monoisotopic (exact) mass is 692 g/mol. The fourth-order valence-corrected chi connectivity index (χ4v) is 5.72. The van der Waals surface area contributed by atoms with Gasteiger partial charge in [-0.3, -0.25) is 4.99 Å². The molecule has 0 amide bonds. The molecule has 2 rings (SSSR count). The van der Waals surface area contributed by atoms with Crippen LogP contribution < -0.4 is 0 Å². The summed E-state index contributed by atoms with van der Waals surface area (Å²) in [6.07, 6.45) is 33.8. The summed E-state index contributed by atoms with van der Waals surface area (Å²) >= 11 is 0. The number of aryl methyl sites for hydroxylation is 2. The molecule has 0 aromatic heterocycles. The number of rotatable bonds is 25. The molecule has 2 nitrogen and oxygen atoms in total. The molecular weight excluding hydrogens is 627 g/mol. The minimum absolute atomic E-state index is 0. The first-order valence-corrected chi connectivity index (χ1v) is 19.3. The van der Waals surface area contributed by atoms with Crippen LogP contribution in [0.4, 0.5) is 11.4 Å². The van der Waals surface area contributed by atoms with E-state index in [4.69, 9.17) is 9.98 Å². The van der Waals surface area contributed by atoms with Gasteiger partial charge in [-0.1, -0.05) is 152 Å². The van der Waals surface area contributed by atoms with Crippen LogP contribution in [0.25, 0.3) is 0 Å². The first kappa shape index (κ1) is 43.3. The Hall–Kier alpha value is -2.69. The van der Waals surface area contributed by atoms with Gasteiger partial charge >= 0.3 is 0 Å². The first-order valence-electron chi connectivity index (χ1n) is 19.3. The summed E-state index contributed by atoms with van der Waals surface area (Å²) in [6.45, 7) is 8.93. The number of nitrogens with zero attached hydrogens (tertiary/aromatic N) is 2. The molecule has 266 valence electrons. The van der Waals surface area contributed by atoms with Gasteiger partial charge in [-0.2, -0.15) is 0 Å². The molecule has 0 atom stereocenters. The van der Waals surface area contributed by atoms with E-state index in [-0.39, 0.29) is 16.5 Å². The van der Waals surface area contributed by atoms with Gasteiger partial charge in [0.05, 0.1) is 17.1 Å². The van der Waals surface area contributed by atoms with Gasteiger partial charge in [-0.15, -0.1) is 0 Å². The zero-order chi connectivity index (χ0) is 33.6. The molecule has 0 aliphatic rings. The maximum absolute atomic E-state index is 5.36. The molecule has 3 heteroatoms. The molecule has 2 aromatic rings. The van der Waals surface area contributed by atoms with Gasteiger partial charge in [0.1, 0.15) is 5.71 Å². The van der Waals surface area contributed by atoms with E-state index in [1.54, 1.807) is 0 Å². The average molecular weight is 694 g/mol. The Labute approximate surface area is 306 Å². The van der Waals surface area contributed by atoms with Crippen molar-refractivity contribution in [1.29, 1.82) is 0 Å². The third-order valence-corrected chi connectivity index (χ3v) is 8.56. The van der Waals surface area contributed by atoms with Crippen molar-refractivity contribution in [1.82, 2.24) is 0 Å². The van der Waals surface area contributed by atoms with E-state index in [0.29, 0.717) is 0 Å². The van der Waals surface area contributed by atoms with Crippen LogP contribution >= 0.6 is 0 Å². The van der Waals surface area contributed by atoms with Crippen molar-refractivity contribution in [2.75, 3.05) is 0 Å². The van der Waals surface area contributed by atoms with Crippen molar-refractivity contribution in [3.8, 4) is 11.8 Å². The maximum Gasteiger partial charge on any atom is 0.135 e. The molecule has 0 bridgehead atoms. The van der Waals surface area contributed by atoms with Crippen LogP contribution in [0.3, 0.4) is 0 Å². The Balaban J connectivity index is 0.0000115. The second-order valence-electron chi connectivity index (χ2n) is 12.8. The summed E-state index contributed by atoms with van der Waals surface area (Å²) in [5.74, 6) is 7.11. The minimum Gasteiger partial charge on any atom is -0.250 e. The molecule has 0 N–H and O–H groups in total. The SMILES string of the molecule is CC/C=C/CCCc1ccccc1N=C(C#CCCCCCCCCCCC)C(CCCC)=Nc1ccccc1CCC/C=C/CC.[Ni]. The van der Waals surface area contributed by atoms with Crippen molar-refractivity contribution in [2.24, 2.45) is 9.98 Å². The fourth-order valence-electron chi connectivity index (χ4n) is 5.72. The summed E-state index contributed by atoms with van der Waals surface area (Å²) in [6, 6.07) is 17.3. The Morgan fingerprint density at radius 1 is 0.562 bits per heavy atom. The van der Waals surface area contributed by atoms with Gasteiger partial charge in [-0.25, -0.2) is 4.99 Å². The van der Waals surface area contributed by atoms with Crippen LogP contribution in [0.1, 0.15) is 161 Å². The molecule has 0 unspecified atom stereocenters. The molecule has 0 radical (unpaired) electrons. The van der Waals surface area contributed by atoms with Crippen molar-refractivity contribution < 1.29 is 16.5 Å². The van der Waals surface area contributed by atoms with Crippen molar-refractivity contribution in [2.45, 2.75) is 163 Å². The van der Waals surface area contributed by atoms with E-state index in [1.807, 2.05) is 0 Å². The van der Waals surface area contributed by atoms with Crippen LogP contribution in [0, 0.1) is 11.8 Å². The Kier molecular flexibility index (Phi) is 27.4. The van der Waals surface area contributed by atoms with E-state index < -0.39 is 0 Å². The number of hydrogen-bond donors (Lipinski definition) is 0. The molecule has 0 saturated carbocycles. The van der Waals surface area contributed by atoms with Gasteiger partial charge in [0.25, 0.3) is 0 Å². The van der Waals surface area contributed by atoms with Gasteiger partial charge in [0.2, 0.25) is 0 Å². The maximum atomic E-state index is 5.36. The molecule has 0 fully saturated rings. The molecule has 48 heavy (non-hydrogen) atoms. The minimum atomic E-state index is 0. The number of hydrogen-bond acceptors (Lipinski definition) is 2. The average Bonchev–Trinajstić information content (AvgIpc) is 3.09. The third-order valence-electron chi connectivity index (χ3n) is 8.56. The van der Waals surface area contributed by atoms with Gasteiger partial charge in [0, 0.05) is 22.9 Å². The molecule has 0 heterocycles. The molecule has 0 aliphatic heterocycles. The Morgan fingerprint density at radius 2 is 1.06 bits per heavy atom. The van der Waals surface area contributed by atoms with Gasteiger partial charge in [-0.05, 0) is 99.8 Å². The van der Waals surface area contributed by atoms with Crippen molar-refractivity contribution >= 4 is 22.8 Å². The van der Waals surface area contributed by atoms with E-state index in [0.717, 1.165) is 106 Å². The zero-order valence-electron chi connectivity index (χ0n) is 31.0. The zero-order valence-corrected chi connectivity index (χ0v) is 32.0. The normalized spacial score (nSPS) is 12.0. The van der Waals surface area contributed by atoms with E-state index in [2.05, 4.69) is 112 Å². The number of aliphatic imine (C=N–C) groups is 2. The number of allylic oxidation sites excluding steroid dienone is 4.